The Morgan fingerprint density at radius 1 is 0.625 bits per heavy atom. The molecule has 2 aromatic carbocycles. The summed E-state index contributed by atoms with van der Waals surface area (Å²) in [6.45, 7) is 41.3. The number of hydrogen-bond donors (Lipinski definition) is 0. The monoisotopic (exact) mass is 1050 g/mol. The molecular weight excluding hydrogens is 955 g/mol. The average Bonchev–Trinajstić information content (AvgIpc) is 3.75. The zero-order valence-corrected chi connectivity index (χ0v) is 49.5. The Labute approximate surface area is 434 Å². The lowest BCUT2D eigenvalue weighted by Crippen LogP contribution is -2.44. The average molecular weight is 1050 g/mol. The van der Waals surface area contributed by atoms with Crippen LogP contribution in [0.1, 0.15) is 121 Å². The van der Waals surface area contributed by atoms with Gasteiger partial charge in [-0.2, -0.15) is 0 Å². The van der Waals surface area contributed by atoms with Gasteiger partial charge in [0.1, 0.15) is 53.9 Å². The van der Waals surface area contributed by atoms with Crippen molar-refractivity contribution in [3.05, 3.63) is 96.1 Å². The maximum atomic E-state index is 16.0. The van der Waals surface area contributed by atoms with E-state index in [2.05, 4.69) is 74.3 Å². The molecule has 0 amide bonds. The second-order valence-electron chi connectivity index (χ2n) is 23.4. The lowest BCUT2D eigenvalue weighted by molar-refractivity contribution is -0.159. The lowest BCUT2D eigenvalue weighted by Gasteiger charge is -2.39. The van der Waals surface area contributed by atoms with Gasteiger partial charge < -0.3 is 51.5 Å². The molecule has 2 heterocycles. The molecule has 2 saturated heterocycles. The summed E-state index contributed by atoms with van der Waals surface area (Å²) in [5.74, 6) is -1.50. The smallest absolute Gasteiger partial charge is 0.192 e. The number of halogens is 2. The van der Waals surface area contributed by atoms with E-state index in [9.17, 15) is 4.79 Å². The molecule has 2 aliphatic rings. The zero-order valence-electron chi connectivity index (χ0n) is 47.5. The lowest BCUT2D eigenvalue weighted by atomic mass is 9.99. The molecule has 72 heavy (non-hydrogen) atoms. The van der Waals surface area contributed by atoms with Crippen molar-refractivity contribution in [1.29, 1.82) is 0 Å². The molecule has 10 atom stereocenters. The minimum Gasteiger partial charge on any atom is -0.497 e. The van der Waals surface area contributed by atoms with Crippen molar-refractivity contribution in [2.24, 2.45) is 11.8 Å². The van der Waals surface area contributed by atoms with Crippen LogP contribution >= 0.6 is 0 Å². The minimum atomic E-state index is -2.02. The molecule has 2 aliphatic heterocycles. The molecule has 11 nitrogen and oxygen atoms in total. The van der Waals surface area contributed by atoms with E-state index in [-0.39, 0.29) is 65.7 Å². The second kappa shape index (κ2) is 26.6. The summed E-state index contributed by atoms with van der Waals surface area (Å²) in [6, 6.07) is 14.9. The largest absolute Gasteiger partial charge is 0.497 e. The number of methoxy groups -OCH3 is 2. The van der Waals surface area contributed by atoms with Crippen LogP contribution in [0.15, 0.2) is 85.0 Å². The van der Waals surface area contributed by atoms with Crippen molar-refractivity contribution in [2.45, 2.75) is 220 Å². The van der Waals surface area contributed by atoms with Gasteiger partial charge in [0.05, 0.1) is 39.6 Å². The zero-order chi connectivity index (χ0) is 54.6. The van der Waals surface area contributed by atoms with Gasteiger partial charge in [0.2, 0.25) is 0 Å². The summed E-state index contributed by atoms with van der Waals surface area (Å²) in [4.78, 5) is 11.3. The molecule has 0 radical (unpaired) electrons. The SMILES string of the molecule is C=CC[C@@H]1OC(C)(C)O[C@@H]1[C@H](OCc1ccc(OC)cc1)/C(F)=C\[C@@H](C)[C@H](C)O[Si](C)(C)C(C)(C)C.COc1ccc(CO[C@H](/C(F)=C\[C@@H](C)[C@H](C)O[Si](C)(C)C(C)(C)C)[C@H]2OC(C)(C)O[C@H]2CC=O)cc1. The fourth-order valence-corrected chi connectivity index (χ4v) is 10.8. The Bertz CT molecular complexity index is 1900. The third kappa shape index (κ3) is 18.6. The van der Waals surface area contributed by atoms with E-state index in [1.807, 2.05) is 90.1 Å². The van der Waals surface area contributed by atoms with E-state index in [1.54, 1.807) is 46.3 Å². The van der Waals surface area contributed by atoms with Crippen LogP contribution in [-0.2, 0) is 55.3 Å². The van der Waals surface area contributed by atoms with Crippen molar-refractivity contribution >= 4 is 22.9 Å². The summed E-state index contributed by atoms with van der Waals surface area (Å²) in [5, 5.41) is 0.127. The molecule has 0 saturated carbocycles. The standard InChI is InChI=1S/C29H47FO5Si.C28H45FO6Si/c1-12-13-25-27(34-29(7,8)33-25)26(32-19-22-14-16-23(31-9)17-15-22)24(30)18-20(2)21(3)35-36(10,11)28(4,5)6;1-19(20(2)35-36(9,10)27(3,4)5)17-23(29)25(26-24(15-16-30)33-28(6,7)34-26)32-18-21-11-13-22(31-8)14-12-21/h12,14-18,20-21,25-27H,1,13,19H2,2-11H3;11-14,16-17,19-20,24-26H,15,18H2,1-10H3/b24-18+;23-17+/t20-,21+,25+,26-,27+;19-,20+,24+,25-,26+/m11/s1. The Hall–Kier alpha value is -3.10. The number of ether oxygens (including phenoxy) is 8. The van der Waals surface area contributed by atoms with Crippen LogP contribution in [0.5, 0.6) is 11.5 Å². The van der Waals surface area contributed by atoms with E-state index in [0.717, 1.165) is 28.9 Å². The van der Waals surface area contributed by atoms with Crippen molar-refractivity contribution in [1.82, 2.24) is 0 Å². The Balaban J connectivity index is 0.000000380. The summed E-state index contributed by atoms with van der Waals surface area (Å²) in [5.41, 5.74) is 1.77. The molecule has 0 unspecified atom stereocenters. The highest BCUT2D eigenvalue weighted by molar-refractivity contribution is 6.74. The summed E-state index contributed by atoms with van der Waals surface area (Å²) >= 11 is 0. The highest BCUT2D eigenvalue weighted by Gasteiger charge is 2.49. The number of rotatable bonds is 24. The first kappa shape index (κ1) is 63.2. The molecule has 15 heteroatoms. The maximum absolute atomic E-state index is 16.0. The van der Waals surface area contributed by atoms with E-state index >= 15 is 8.78 Å². The fraction of sp³-hybridized carbons (Fsp3) is 0.667. The third-order valence-electron chi connectivity index (χ3n) is 14.4. The normalized spacial score (nSPS) is 23.2. The molecule has 4 rings (SSSR count). The van der Waals surface area contributed by atoms with Crippen LogP contribution in [0.4, 0.5) is 8.78 Å². The molecule has 0 bridgehead atoms. The highest BCUT2D eigenvalue weighted by Crippen LogP contribution is 2.41. The number of carbonyl (C=O) groups excluding carboxylic acids is 1. The van der Waals surface area contributed by atoms with Crippen molar-refractivity contribution in [3.63, 3.8) is 0 Å². The van der Waals surface area contributed by atoms with Crippen molar-refractivity contribution < 1.29 is 60.3 Å². The quantitative estimate of drug-likeness (QED) is 0.0569. The van der Waals surface area contributed by atoms with Crippen LogP contribution < -0.4 is 9.47 Å². The predicted octanol–water partition coefficient (Wildman–Crippen LogP) is 14.2. The van der Waals surface area contributed by atoms with Gasteiger partial charge in [-0.05, 0) is 132 Å². The highest BCUT2D eigenvalue weighted by atomic mass is 28.4. The predicted molar refractivity (Wildman–Crippen MR) is 288 cm³/mol. The van der Waals surface area contributed by atoms with Crippen LogP contribution in [0.25, 0.3) is 0 Å². The topological polar surface area (TPSA) is 109 Å². The van der Waals surface area contributed by atoms with Crippen molar-refractivity contribution in [3.8, 4) is 11.5 Å². The maximum Gasteiger partial charge on any atom is 0.192 e. The molecular formula is C57H92F2O11Si2. The van der Waals surface area contributed by atoms with Gasteiger partial charge >= 0.3 is 0 Å². The van der Waals surface area contributed by atoms with Gasteiger partial charge in [0, 0.05) is 30.5 Å². The summed E-state index contributed by atoms with van der Waals surface area (Å²) < 4.78 is 91.9. The number of carbonyl (C=O) groups is 1. The Morgan fingerprint density at radius 2 is 0.958 bits per heavy atom. The van der Waals surface area contributed by atoms with Crippen LogP contribution in [0.2, 0.25) is 36.3 Å². The first-order valence-electron chi connectivity index (χ1n) is 25.5. The molecule has 2 fully saturated rings. The summed E-state index contributed by atoms with van der Waals surface area (Å²) in [7, 11) is -0.786. The van der Waals surface area contributed by atoms with Gasteiger partial charge in [-0.1, -0.05) is 85.7 Å². The molecule has 0 aliphatic carbocycles. The Kier molecular flexibility index (Phi) is 23.3. The number of benzene rings is 2. The molecule has 0 N–H and O–H groups in total. The van der Waals surface area contributed by atoms with Crippen LogP contribution in [0, 0.1) is 11.8 Å². The summed E-state index contributed by atoms with van der Waals surface area (Å²) in [6.07, 6.45) is 1.67. The molecule has 0 aromatic heterocycles. The fourth-order valence-electron chi connectivity index (χ4n) is 7.80. The minimum absolute atomic E-state index is 0.0515. The van der Waals surface area contributed by atoms with Gasteiger partial charge in [0.15, 0.2) is 28.2 Å². The van der Waals surface area contributed by atoms with Gasteiger partial charge in [-0.3, -0.25) is 0 Å². The van der Waals surface area contributed by atoms with Crippen LogP contribution in [0.3, 0.4) is 0 Å². The van der Waals surface area contributed by atoms with Gasteiger partial charge in [0.25, 0.3) is 0 Å². The molecule has 2 aromatic rings. The first-order chi connectivity index (χ1) is 33.2. The molecule has 0 spiro atoms. The molecule has 408 valence electrons. The van der Waals surface area contributed by atoms with E-state index in [0.29, 0.717) is 6.42 Å². The number of aldehydes is 1. The van der Waals surface area contributed by atoms with E-state index < -0.39 is 64.6 Å². The van der Waals surface area contributed by atoms with Gasteiger partial charge in [-0.15, -0.1) is 6.58 Å². The first-order valence-corrected chi connectivity index (χ1v) is 31.4. The van der Waals surface area contributed by atoms with Gasteiger partial charge in [-0.25, -0.2) is 8.78 Å². The van der Waals surface area contributed by atoms with Crippen LogP contribution in [-0.4, -0.2) is 97.5 Å². The second-order valence-corrected chi connectivity index (χ2v) is 32.9. The third-order valence-corrected chi connectivity index (χ3v) is 23.5. The van der Waals surface area contributed by atoms with E-state index in [4.69, 9.17) is 46.7 Å². The number of hydrogen-bond acceptors (Lipinski definition) is 11. The Morgan fingerprint density at radius 3 is 1.25 bits per heavy atom. The van der Waals surface area contributed by atoms with E-state index in [1.165, 1.54) is 0 Å². The van der Waals surface area contributed by atoms with Crippen molar-refractivity contribution in [2.75, 3.05) is 14.2 Å².